The smallest absolute Gasteiger partial charge is 0.269 e. The summed E-state index contributed by atoms with van der Waals surface area (Å²) in [5, 5.41) is 7.46. The van der Waals surface area contributed by atoms with Crippen LogP contribution in [0.2, 0.25) is 5.15 Å². The van der Waals surface area contributed by atoms with Crippen LogP contribution in [-0.2, 0) is 22.7 Å². The highest BCUT2D eigenvalue weighted by Gasteiger charge is 2.28. The summed E-state index contributed by atoms with van der Waals surface area (Å²) in [6.45, 7) is 1.78. The second-order valence-electron chi connectivity index (χ2n) is 8.83. The van der Waals surface area contributed by atoms with Gasteiger partial charge in [0.25, 0.3) is 11.8 Å². The Morgan fingerprint density at radius 1 is 1.05 bits per heavy atom. The van der Waals surface area contributed by atoms with E-state index in [9.17, 15) is 18.0 Å². The molecule has 11 heteroatoms. The summed E-state index contributed by atoms with van der Waals surface area (Å²) in [6, 6.07) is 15.1. The van der Waals surface area contributed by atoms with E-state index in [0.717, 1.165) is 17.4 Å². The molecule has 9 nitrogen and oxygen atoms in total. The number of hydrogen-bond acceptors (Lipinski definition) is 6. The highest BCUT2D eigenvalue weighted by Crippen LogP contribution is 2.38. The van der Waals surface area contributed by atoms with Crippen LogP contribution in [0, 0.1) is 6.92 Å². The zero-order chi connectivity index (χ0) is 26.5. The van der Waals surface area contributed by atoms with Gasteiger partial charge in [0.2, 0.25) is 0 Å². The first-order chi connectivity index (χ1) is 17.5. The molecule has 0 unspecified atom stereocenters. The molecule has 0 fully saturated rings. The van der Waals surface area contributed by atoms with Gasteiger partial charge in [0.05, 0.1) is 21.8 Å². The van der Waals surface area contributed by atoms with Gasteiger partial charge in [0.15, 0.2) is 15.5 Å². The van der Waals surface area contributed by atoms with E-state index in [0.29, 0.717) is 41.2 Å². The van der Waals surface area contributed by atoms with E-state index in [2.05, 4.69) is 15.4 Å². The molecule has 2 aromatic carbocycles. The minimum absolute atomic E-state index is 0.111. The first-order valence-corrected chi connectivity index (χ1v) is 13.6. The van der Waals surface area contributed by atoms with Crippen LogP contribution in [0.4, 0.5) is 5.69 Å². The summed E-state index contributed by atoms with van der Waals surface area (Å²) >= 11 is 6.17. The molecule has 0 saturated heterocycles. The Morgan fingerprint density at radius 2 is 1.78 bits per heavy atom. The van der Waals surface area contributed by atoms with E-state index in [1.165, 1.54) is 12.1 Å². The lowest BCUT2D eigenvalue weighted by atomic mass is 9.88. The summed E-state index contributed by atoms with van der Waals surface area (Å²) in [5.74, 6) is -1.06. The van der Waals surface area contributed by atoms with Crippen LogP contribution in [0.25, 0.3) is 16.9 Å². The lowest BCUT2D eigenvalue weighted by molar-refractivity contribution is 0.0992. The highest BCUT2D eigenvalue weighted by atomic mass is 35.5. The third-order valence-electron chi connectivity index (χ3n) is 6.23. The average Bonchev–Trinajstić information content (AvgIpc) is 3.24. The molecule has 2 heterocycles. The number of rotatable bonds is 5. The monoisotopic (exact) mass is 535 g/mol. The molecule has 5 rings (SSSR count). The van der Waals surface area contributed by atoms with Crippen LogP contribution in [-0.4, -0.2) is 41.3 Å². The van der Waals surface area contributed by atoms with E-state index in [1.807, 2.05) is 12.1 Å². The van der Waals surface area contributed by atoms with Crippen molar-refractivity contribution >= 4 is 38.9 Å². The number of carbonyl (C=O) groups is 2. The maximum atomic E-state index is 12.9. The third-order valence-corrected chi connectivity index (χ3v) is 7.64. The van der Waals surface area contributed by atoms with Gasteiger partial charge in [-0.2, -0.15) is 5.10 Å². The first kappa shape index (κ1) is 24.7. The normalized spacial score (nSPS) is 12.5. The summed E-state index contributed by atoms with van der Waals surface area (Å²) in [7, 11) is -3.38. The van der Waals surface area contributed by atoms with Gasteiger partial charge in [-0.25, -0.2) is 18.1 Å². The number of nitrogens with zero attached hydrogens (tertiary/aromatic N) is 3. The molecule has 37 heavy (non-hydrogen) atoms. The van der Waals surface area contributed by atoms with Gasteiger partial charge >= 0.3 is 0 Å². The van der Waals surface area contributed by atoms with Crippen molar-refractivity contribution in [1.82, 2.24) is 14.8 Å². The number of nitrogens with one attached hydrogen (secondary N) is 1. The number of benzene rings is 2. The fourth-order valence-electron chi connectivity index (χ4n) is 4.43. The largest absolute Gasteiger partial charge is 0.364 e. The Balaban J connectivity index is 1.59. The van der Waals surface area contributed by atoms with Gasteiger partial charge in [0, 0.05) is 28.8 Å². The molecule has 0 saturated carbocycles. The summed E-state index contributed by atoms with van der Waals surface area (Å²) in [5.41, 5.74) is 11.0. The van der Waals surface area contributed by atoms with E-state index in [-0.39, 0.29) is 21.3 Å². The second-order valence-corrected chi connectivity index (χ2v) is 11.2. The summed E-state index contributed by atoms with van der Waals surface area (Å²) in [6.07, 6.45) is 2.34. The predicted molar refractivity (Wildman–Crippen MR) is 140 cm³/mol. The number of sulfone groups is 1. The number of nitrogens with two attached hydrogens (primary N) is 1. The summed E-state index contributed by atoms with van der Waals surface area (Å²) in [4.78, 5) is 29.4. The first-order valence-electron chi connectivity index (χ1n) is 11.3. The SMILES string of the molecule is Cc1ccc(C(=O)Nc2ccc3c(c2)-c2c(c(C(N)=O)nn2-c2ccc(S(C)(=O)=O)cc2)CC3)c(Cl)n1. The van der Waals surface area contributed by atoms with Crippen molar-refractivity contribution in [1.29, 1.82) is 0 Å². The van der Waals surface area contributed by atoms with Crippen LogP contribution in [0.15, 0.2) is 59.5 Å². The predicted octanol–water partition coefficient (Wildman–Crippen LogP) is 3.75. The molecule has 4 aromatic rings. The van der Waals surface area contributed by atoms with Crippen molar-refractivity contribution in [3.8, 4) is 16.9 Å². The van der Waals surface area contributed by atoms with E-state index < -0.39 is 21.7 Å². The molecule has 0 bridgehead atoms. The van der Waals surface area contributed by atoms with E-state index >= 15 is 0 Å². The van der Waals surface area contributed by atoms with Crippen molar-refractivity contribution in [3.63, 3.8) is 0 Å². The fraction of sp³-hybridized carbons (Fsp3) is 0.154. The molecule has 1 aliphatic rings. The maximum Gasteiger partial charge on any atom is 0.269 e. The number of hydrogen-bond donors (Lipinski definition) is 2. The minimum Gasteiger partial charge on any atom is -0.364 e. The van der Waals surface area contributed by atoms with Gasteiger partial charge in [0.1, 0.15) is 5.15 Å². The average molecular weight is 536 g/mol. The molecule has 0 aliphatic heterocycles. The van der Waals surface area contributed by atoms with E-state index in [1.54, 1.807) is 41.9 Å². The Labute approximate surface area is 218 Å². The molecular formula is C26H22ClN5O4S. The number of primary amides is 1. The van der Waals surface area contributed by atoms with Crippen molar-refractivity contribution in [2.24, 2.45) is 5.73 Å². The van der Waals surface area contributed by atoms with Gasteiger partial charge in [-0.05, 0) is 73.9 Å². The third kappa shape index (κ3) is 4.61. The number of aryl methyl sites for hydroxylation is 2. The van der Waals surface area contributed by atoms with Crippen LogP contribution in [0.3, 0.4) is 0 Å². The van der Waals surface area contributed by atoms with E-state index in [4.69, 9.17) is 17.3 Å². The number of fused-ring (bicyclic) bond motifs is 3. The van der Waals surface area contributed by atoms with Gasteiger partial charge in [-0.3, -0.25) is 9.59 Å². The Bertz CT molecular complexity index is 1690. The quantitative estimate of drug-likeness (QED) is 0.373. The molecule has 0 radical (unpaired) electrons. The molecule has 0 atom stereocenters. The number of carbonyl (C=O) groups excluding carboxylic acids is 2. The fourth-order valence-corrected chi connectivity index (χ4v) is 5.34. The topological polar surface area (TPSA) is 137 Å². The maximum absolute atomic E-state index is 12.9. The van der Waals surface area contributed by atoms with Crippen LogP contribution < -0.4 is 11.1 Å². The Kier molecular flexibility index (Phi) is 6.09. The molecule has 0 spiro atoms. The second kappa shape index (κ2) is 9.13. The minimum atomic E-state index is -3.38. The lowest BCUT2D eigenvalue weighted by Crippen LogP contribution is -2.16. The lowest BCUT2D eigenvalue weighted by Gasteiger charge is -2.20. The number of amides is 2. The molecular weight excluding hydrogens is 514 g/mol. The standard InChI is InChI=1S/C26H22ClN5O4S/c1-14-3-11-20(24(27)29-14)26(34)30-16-6-4-15-5-12-19-22(25(28)33)31-32(23(19)21(15)13-16)17-7-9-18(10-8-17)37(2,35)36/h3-4,6-11,13H,5,12H2,1-2H3,(H2,28,33)(H,30,34). The Morgan fingerprint density at radius 3 is 2.43 bits per heavy atom. The number of aromatic nitrogens is 3. The zero-order valence-corrected chi connectivity index (χ0v) is 21.5. The molecule has 2 aromatic heterocycles. The number of pyridine rings is 1. The van der Waals surface area contributed by atoms with Crippen LogP contribution >= 0.6 is 11.6 Å². The van der Waals surface area contributed by atoms with Crippen LogP contribution in [0.5, 0.6) is 0 Å². The van der Waals surface area contributed by atoms with Crippen molar-refractivity contribution in [3.05, 3.63) is 87.8 Å². The number of anilines is 1. The zero-order valence-electron chi connectivity index (χ0n) is 19.9. The van der Waals surface area contributed by atoms with Gasteiger partial charge in [-0.15, -0.1) is 0 Å². The molecule has 1 aliphatic carbocycles. The highest BCUT2D eigenvalue weighted by molar-refractivity contribution is 7.90. The summed E-state index contributed by atoms with van der Waals surface area (Å²) < 4.78 is 25.4. The molecule has 3 N–H and O–H groups in total. The van der Waals surface area contributed by atoms with Gasteiger partial charge < -0.3 is 11.1 Å². The molecule has 2 amide bonds. The Hall–Kier alpha value is -4.02. The van der Waals surface area contributed by atoms with Crippen molar-refractivity contribution in [2.45, 2.75) is 24.7 Å². The number of halogens is 1. The van der Waals surface area contributed by atoms with Crippen molar-refractivity contribution in [2.75, 3.05) is 11.6 Å². The van der Waals surface area contributed by atoms with Crippen molar-refractivity contribution < 1.29 is 18.0 Å². The van der Waals surface area contributed by atoms with Crippen LogP contribution in [0.1, 0.15) is 37.7 Å². The van der Waals surface area contributed by atoms with Gasteiger partial charge in [-0.1, -0.05) is 17.7 Å². The molecule has 188 valence electrons.